The van der Waals surface area contributed by atoms with Crippen molar-refractivity contribution in [2.24, 2.45) is 0 Å². The van der Waals surface area contributed by atoms with E-state index in [0.29, 0.717) is 10.8 Å². The van der Waals surface area contributed by atoms with Crippen LogP contribution >= 0.6 is 11.8 Å². The average Bonchev–Trinajstić information content (AvgIpc) is 2.47. The van der Waals surface area contributed by atoms with Crippen molar-refractivity contribution in [2.45, 2.75) is 9.92 Å². The van der Waals surface area contributed by atoms with Crippen molar-refractivity contribution in [3.63, 3.8) is 0 Å². The zero-order chi connectivity index (χ0) is 14.5. The Balaban J connectivity index is 2.27. The number of pyridine rings is 1. The number of nitro groups is 1. The van der Waals surface area contributed by atoms with E-state index in [1.807, 2.05) is 24.3 Å². The van der Waals surface area contributed by atoms with Gasteiger partial charge in [-0.2, -0.15) is 0 Å². The zero-order valence-electron chi connectivity index (χ0n) is 11.0. The Kier molecular flexibility index (Phi) is 4.41. The topological polar surface area (TPSA) is 77.3 Å². The van der Waals surface area contributed by atoms with Crippen molar-refractivity contribution in [1.29, 1.82) is 0 Å². The van der Waals surface area contributed by atoms with Gasteiger partial charge in [0.25, 0.3) is 5.69 Å². The number of aromatic nitrogens is 1. The van der Waals surface area contributed by atoms with E-state index in [1.54, 1.807) is 14.2 Å². The molecule has 2 aromatic rings. The van der Waals surface area contributed by atoms with E-state index in [-0.39, 0.29) is 5.69 Å². The highest BCUT2D eigenvalue weighted by atomic mass is 32.2. The molecule has 0 aliphatic carbocycles. The fourth-order valence-electron chi connectivity index (χ4n) is 1.54. The van der Waals surface area contributed by atoms with Gasteiger partial charge in [0.05, 0.1) is 18.1 Å². The Morgan fingerprint density at radius 2 is 2.00 bits per heavy atom. The van der Waals surface area contributed by atoms with Crippen molar-refractivity contribution in [3.8, 4) is 5.75 Å². The molecule has 0 saturated carbocycles. The highest BCUT2D eigenvalue weighted by Crippen LogP contribution is 2.31. The monoisotopic (exact) mass is 291 g/mol. The van der Waals surface area contributed by atoms with Crippen LogP contribution in [0.4, 0.5) is 11.5 Å². The highest BCUT2D eigenvalue weighted by Gasteiger charge is 2.11. The average molecular weight is 291 g/mol. The van der Waals surface area contributed by atoms with E-state index in [0.717, 1.165) is 10.6 Å². The van der Waals surface area contributed by atoms with Crippen LogP contribution in [0.1, 0.15) is 0 Å². The van der Waals surface area contributed by atoms with Crippen molar-refractivity contribution < 1.29 is 9.66 Å². The number of hydrogen-bond donors (Lipinski definition) is 1. The van der Waals surface area contributed by atoms with E-state index >= 15 is 0 Å². The van der Waals surface area contributed by atoms with Gasteiger partial charge in [0.15, 0.2) is 0 Å². The lowest BCUT2D eigenvalue weighted by atomic mass is 10.3. The molecule has 1 heterocycles. The molecular formula is C13H13N3O3S. The van der Waals surface area contributed by atoms with Crippen LogP contribution in [-0.2, 0) is 0 Å². The van der Waals surface area contributed by atoms with E-state index in [4.69, 9.17) is 4.74 Å². The van der Waals surface area contributed by atoms with Gasteiger partial charge >= 0.3 is 0 Å². The third kappa shape index (κ3) is 3.39. The second-order valence-electron chi connectivity index (χ2n) is 3.83. The van der Waals surface area contributed by atoms with Gasteiger partial charge in [-0.05, 0) is 24.3 Å². The Morgan fingerprint density at radius 3 is 2.55 bits per heavy atom. The quantitative estimate of drug-likeness (QED) is 0.673. The van der Waals surface area contributed by atoms with E-state index in [9.17, 15) is 10.1 Å². The minimum atomic E-state index is -0.430. The lowest BCUT2D eigenvalue weighted by molar-refractivity contribution is -0.385. The van der Waals surface area contributed by atoms with Crippen LogP contribution in [0.25, 0.3) is 0 Å². The number of anilines is 1. The molecule has 104 valence electrons. The minimum Gasteiger partial charge on any atom is -0.497 e. The Morgan fingerprint density at radius 1 is 1.30 bits per heavy atom. The number of rotatable bonds is 5. The third-order valence-electron chi connectivity index (χ3n) is 2.54. The molecule has 6 nitrogen and oxygen atoms in total. The molecule has 1 aromatic carbocycles. The SMILES string of the molecule is CNc1cc([N+](=O)[O-])cc(Sc2ccc(OC)cc2)n1. The van der Waals surface area contributed by atoms with E-state index in [2.05, 4.69) is 10.3 Å². The fraction of sp³-hybridized carbons (Fsp3) is 0.154. The van der Waals surface area contributed by atoms with E-state index in [1.165, 1.54) is 23.9 Å². The molecule has 0 aliphatic heterocycles. The zero-order valence-corrected chi connectivity index (χ0v) is 11.8. The maximum absolute atomic E-state index is 10.9. The van der Waals surface area contributed by atoms with Crippen LogP contribution in [0.5, 0.6) is 5.75 Å². The van der Waals surface area contributed by atoms with E-state index < -0.39 is 4.92 Å². The van der Waals surface area contributed by atoms with Crippen molar-refractivity contribution in [3.05, 3.63) is 46.5 Å². The maximum Gasteiger partial charge on any atom is 0.275 e. The minimum absolute atomic E-state index is 0.0142. The molecule has 2 rings (SSSR count). The molecule has 0 aliphatic rings. The Labute approximate surface area is 120 Å². The van der Waals surface area contributed by atoms with Gasteiger partial charge < -0.3 is 10.1 Å². The van der Waals surface area contributed by atoms with Crippen LogP contribution in [-0.4, -0.2) is 24.1 Å². The molecule has 0 amide bonds. The summed E-state index contributed by atoms with van der Waals surface area (Å²) in [6, 6.07) is 10.3. The predicted molar refractivity (Wildman–Crippen MR) is 77.6 cm³/mol. The molecular weight excluding hydrogens is 278 g/mol. The summed E-state index contributed by atoms with van der Waals surface area (Å²) in [6.45, 7) is 0. The van der Waals surface area contributed by atoms with Gasteiger partial charge in [-0.3, -0.25) is 10.1 Å². The Hall–Kier alpha value is -2.28. The van der Waals surface area contributed by atoms with Gasteiger partial charge in [0.1, 0.15) is 16.6 Å². The summed E-state index contributed by atoms with van der Waals surface area (Å²) in [5.41, 5.74) is 0.0142. The standard InChI is InChI=1S/C13H13N3O3S/c1-14-12-7-9(16(17)18)8-13(15-12)20-11-5-3-10(19-2)4-6-11/h3-8H,1-2H3,(H,14,15). The summed E-state index contributed by atoms with van der Waals surface area (Å²) in [7, 11) is 3.28. The molecule has 1 N–H and O–H groups in total. The fourth-order valence-corrected chi connectivity index (χ4v) is 2.38. The second kappa shape index (κ2) is 6.25. The molecule has 0 bridgehead atoms. The van der Waals surface area contributed by atoms with Gasteiger partial charge in [0, 0.05) is 18.0 Å². The highest BCUT2D eigenvalue weighted by molar-refractivity contribution is 7.99. The summed E-state index contributed by atoms with van der Waals surface area (Å²) in [6.07, 6.45) is 0. The second-order valence-corrected chi connectivity index (χ2v) is 4.93. The third-order valence-corrected chi connectivity index (χ3v) is 3.46. The summed E-state index contributed by atoms with van der Waals surface area (Å²) >= 11 is 1.36. The number of hydrogen-bond acceptors (Lipinski definition) is 6. The summed E-state index contributed by atoms with van der Waals surface area (Å²) < 4.78 is 5.08. The van der Waals surface area contributed by atoms with Crippen molar-refractivity contribution in [2.75, 3.05) is 19.5 Å². The first-order valence-electron chi connectivity index (χ1n) is 5.78. The van der Waals surface area contributed by atoms with Crippen molar-refractivity contribution in [1.82, 2.24) is 4.98 Å². The number of nitrogens with one attached hydrogen (secondary N) is 1. The molecule has 0 unspecified atom stereocenters. The first-order chi connectivity index (χ1) is 9.62. The van der Waals surface area contributed by atoms with Gasteiger partial charge in [-0.1, -0.05) is 11.8 Å². The Bertz CT molecular complexity index is 617. The normalized spacial score (nSPS) is 10.1. The molecule has 0 radical (unpaired) electrons. The number of methoxy groups -OCH3 is 1. The van der Waals surface area contributed by atoms with Crippen LogP contribution in [0.15, 0.2) is 46.3 Å². The van der Waals surface area contributed by atoms with Crippen LogP contribution in [0.2, 0.25) is 0 Å². The largest absolute Gasteiger partial charge is 0.497 e. The molecule has 0 spiro atoms. The number of nitrogens with zero attached hydrogens (tertiary/aromatic N) is 2. The molecule has 1 aromatic heterocycles. The molecule has 0 atom stereocenters. The first-order valence-corrected chi connectivity index (χ1v) is 6.60. The first kappa shape index (κ1) is 14.1. The van der Waals surface area contributed by atoms with Gasteiger partial charge in [-0.25, -0.2) is 4.98 Å². The summed E-state index contributed by atoms with van der Waals surface area (Å²) in [5, 5.41) is 14.3. The maximum atomic E-state index is 10.9. The number of ether oxygens (including phenoxy) is 1. The van der Waals surface area contributed by atoms with Gasteiger partial charge in [0.2, 0.25) is 0 Å². The summed E-state index contributed by atoms with van der Waals surface area (Å²) in [5.74, 6) is 1.23. The van der Waals surface area contributed by atoms with Crippen LogP contribution in [0.3, 0.4) is 0 Å². The van der Waals surface area contributed by atoms with Crippen LogP contribution in [0, 0.1) is 10.1 Å². The molecule has 20 heavy (non-hydrogen) atoms. The molecule has 7 heteroatoms. The summed E-state index contributed by atoms with van der Waals surface area (Å²) in [4.78, 5) is 15.7. The molecule has 0 saturated heterocycles. The lowest BCUT2D eigenvalue weighted by Crippen LogP contribution is -1.96. The smallest absolute Gasteiger partial charge is 0.275 e. The predicted octanol–water partition coefficient (Wildman–Crippen LogP) is 3.19. The lowest BCUT2D eigenvalue weighted by Gasteiger charge is -2.05. The van der Waals surface area contributed by atoms with Crippen molar-refractivity contribution >= 4 is 23.3 Å². The van der Waals surface area contributed by atoms with Gasteiger partial charge in [-0.15, -0.1) is 0 Å². The number of benzene rings is 1. The molecule has 0 fully saturated rings. The van der Waals surface area contributed by atoms with Crippen LogP contribution < -0.4 is 10.1 Å².